The molecule has 3 aromatic carbocycles. The molecule has 0 bridgehead atoms. The number of amides is 2. The summed E-state index contributed by atoms with van der Waals surface area (Å²) < 4.78 is 29.5. The molecule has 1 heterocycles. The first-order valence-corrected chi connectivity index (χ1v) is 12.8. The van der Waals surface area contributed by atoms with Crippen LogP contribution in [0.1, 0.15) is 17.5 Å². The quantitative estimate of drug-likeness (QED) is 0.404. The first-order valence-electron chi connectivity index (χ1n) is 12.8. The maximum atomic E-state index is 13.3. The van der Waals surface area contributed by atoms with Crippen LogP contribution in [0.15, 0.2) is 66.7 Å². The maximum Gasteiger partial charge on any atom is 0.228 e. The second-order valence-corrected chi connectivity index (χ2v) is 9.54. The molecule has 2 atom stereocenters. The Kier molecular flexibility index (Phi) is 9.38. The molecule has 0 radical (unpaired) electrons. The number of carbonyl (C=O) groups is 2. The second kappa shape index (κ2) is 13.1. The van der Waals surface area contributed by atoms with Crippen LogP contribution < -0.4 is 24.8 Å². The molecule has 39 heavy (non-hydrogen) atoms. The predicted octanol–water partition coefficient (Wildman–Crippen LogP) is 4.24. The number of rotatable bonds is 10. The van der Waals surface area contributed by atoms with Crippen molar-refractivity contribution in [3.05, 3.63) is 83.7 Å². The van der Waals surface area contributed by atoms with Gasteiger partial charge in [-0.3, -0.25) is 14.5 Å². The van der Waals surface area contributed by atoms with Crippen LogP contribution in [0.25, 0.3) is 0 Å². The lowest BCUT2D eigenvalue weighted by Gasteiger charge is -2.36. The summed E-state index contributed by atoms with van der Waals surface area (Å²) >= 11 is 0. The summed E-state index contributed by atoms with van der Waals surface area (Å²) in [5.41, 5.74) is 2.35. The Balaban J connectivity index is 1.50. The van der Waals surface area contributed by atoms with Gasteiger partial charge in [-0.2, -0.15) is 0 Å². The third kappa shape index (κ3) is 7.26. The molecular formula is C30H34FN3O5. The number of methoxy groups -OCH3 is 3. The zero-order chi connectivity index (χ0) is 27.8. The van der Waals surface area contributed by atoms with Gasteiger partial charge in [0.25, 0.3) is 0 Å². The maximum absolute atomic E-state index is 13.3. The highest BCUT2D eigenvalue weighted by molar-refractivity contribution is 5.93. The van der Waals surface area contributed by atoms with E-state index in [1.165, 1.54) is 24.3 Å². The monoisotopic (exact) mass is 535 g/mol. The Hall–Kier alpha value is -4.11. The van der Waals surface area contributed by atoms with Crippen molar-refractivity contribution in [1.29, 1.82) is 0 Å². The van der Waals surface area contributed by atoms with Gasteiger partial charge >= 0.3 is 0 Å². The number of nitrogens with one attached hydrogen (secondary N) is 2. The fourth-order valence-electron chi connectivity index (χ4n) is 4.89. The lowest BCUT2D eigenvalue weighted by Crippen LogP contribution is -2.48. The summed E-state index contributed by atoms with van der Waals surface area (Å²) in [4.78, 5) is 28.7. The molecule has 0 aliphatic carbocycles. The van der Waals surface area contributed by atoms with Crippen LogP contribution in [-0.2, 0) is 22.7 Å². The minimum atomic E-state index is -0.439. The number of anilines is 1. The number of hydrogen-bond acceptors (Lipinski definition) is 6. The van der Waals surface area contributed by atoms with E-state index in [1.54, 1.807) is 21.3 Å². The Bertz CT molecular complexity index is 1280. The smallest absolute Gasteiger partial charge is 0.228 e. The van der Waals surface area contributed by atoms with Gasteiger partial charge < -0.3 is 24.8 Å². The molecule has 1 fully saturated rings. The topological polar surface area (TPSA) is 89.1 Å². The van der Waals surface area contributed by atoms with Crippen LogP contribution in [0.5, 0.6) is 17.2 Å². The van der Waals surface area contributed by atoms with Gasteiger partial charge in [-0.25, -0.2) is 4.39 Å². The number of nitrogens with zero attached hydrogens (tertiary/aromatic N) is 1. The van der Waals surface area contributed by atoms with Crippen molar-refractivity contribution < 1.29 is 28.2 Å². The molecule has 8 nitrogen and oxygen atoms in total. The molecule has 9 heteroatoms. The van der Waals surface area contributed by atoms with E-state index >= 15 is 0 Å². The van der Waals surface area contributed by atoms with Gasteiger partial charge in [-0.1, -0.05) is 24.3 Å². The summed E-state index contributed by atoms with van der Waals surface area (Å²) in [6, 6.07) is 18.9. The largest absolute Gasteiger partial charge is 0.496 e. The Morgan fingerprint density at radius 3 is 2.21 bits per heavy atom. The van der Waals surface area contributed by atoms with Gasteiger partial charge in [-0.15, -0.1) is 0 Å². The van der Waals surface area contributed by atoms with Crippen LogP contribution in [0, 0.1) is 17.7 Å². The zero-order valence-corrected chi connectivity index (χ0v) is 22.4. The molecule has 1 aliphatic rings. The number of piperidine rings is 1. The summed E-state index contributed by atoms with van der Waals surface area (Å²) in [5.74, 6) is 0.391. The minimum absolute atomic E-state index is 0.127. The number of benzene rings is 3. The van der Waals surface area contributed by atoms with Crippen LogP contribution in [0.3, 0.4) is 0 Å². The van der Waals surface area contributed by atoms with E-state index in [2.05, 4.69) is 15.5 Å². The van der Waals surface area contributed by atoms with Gasteiger partial charge in [0.2, 0.25) is 11.8 Å². The fourth-order valence-corrected chi connectivity index (χ4v) is 4.89. The lowest BCUT2D eigenvalue weighted by molar-refractivity contribution is -0.130. The molecular weight excluding hydrogens is 501 g/mol. The third-order valence-corrected chi connectivity index (χ3v) is 6.88. The van der Waals surface area contributed by atoms with Crippen molar-refractivity contribution >= 4 is 17.5 Å². The van der Waals surface area contributed by atoms with E-state index in [0.717, 1.165) is 11.1 Å². The van der Waals surface area contributed by atoms with Crippen molar-refractivity contribution in [3.63, 3.8) is 0 Å². The molecule has 1 saturated heterocycles. The molecule has 0 aromatic heterocycles. The predicted molar refractivity (Wildman–Crippen MR) is 146 cm³/mol. The molecule has 0 unspecified atom stereocenters. The number of carbonyl (C=O) groups excluding carboxylic acids is 2. The summed E-state index contributed by atoms with van der Waals surface area (Å²) in [6.07, 6.45) is 0.396. The van der Waals surface area contributed by atoms with E-state index in [9.17, 15) is 14.0 Å². The van der Waals surface area contributed by atoms with E-state index in [0.29, 0.717) is 55.5 Å². The second-order valence-electron chi connectivity index (χ2n) is 9.54. The van der Waals surface area contributed by atoms with Crippen molar-refractivity contribution in [2.45, 2.75) is 19.5 Å². The van der Waals surface area contributed by atoms with Crippen molar-refractivity contribution in [1.82, 2.24) is 10.2 Å². The number of halogens is 1. The molecule has 1 aliphatic heterocycles. The van der Waals surface area contributed by atoms with Crippen LogP contribution in [0.4, 0.5) is 10.1 Å². The lowest BCUT2D eigenvalue weighted by atomic mass is 9.87. The standard InChI is InChI=1S/C30H34FN3O5/c1-37-26-7-5-4-6-21(26)16-32-29(35)22-15-23(30(36)33-25-11-9-24(31)10-12-25)19-34(18-22)17-20-8-13-27(38-2)28(14-20)39-3/h4-14,22-23H,15-19H2,1-3H3,(H,32,35)(H,33,36)/t22-,23+/m0/s1. The van der Waals surface area contributed by atoms with Gasteiger partial charge in [0.1, 0.15) is 11.6 Å². The molecule has 2 N–H and O–H groups in total. The summed E-state index contributed by atoms with van der Waals surface area (Å²) in [5, 5.41) is 5.89. The van der Waals surface area contributed by atoms with E-state index < -0.39 is 11.8 Å². The van der Waals surface area contributed by atoms with Crippen molar-refractivity contribution in [2.24, 2.45) is 11.8 Å². The highest BCUT2D eigenvalue weighted by Crippen LogP contribution is 2.30. The molecule has 4 rings (SSSR count). The van der Waals surface area contributed by atoms with Gasteiger partial charge in [-0.05, 0) is 54.4 Å². The molecule has 3 aromatic rings. The van der Waals surface area contributed by atoms with Crippen LogP contribution in [-0.4, -0.2) is 51.1 Å². The molecule has 206 valence electrons. The van der Waals surface area contributed by atoms with E-state index in [1.807, 2.05) is 42.5 Å². The van der Waals surface area contributed by atoms with E-state index in [-0.39, 0.29) is 17.6 Å². The molecule has 0 spiro atoms. The molecule has 0 saturated carbocycles. The van der Waals surface area contributed by atoms with Gasteiger partial charge in [0, 0.05) is 37.4 Å². The average Bonchev–Trinajstić information content (AvgIpc) is 2.96. The molecule has 2 amide bonds. The van der Waals surface area contributed by atoms with Gasteiger partial charge in [0.05, 0.1) is 33.2 Å². The number of likely N-dealkylation sites (tertiary alicyclic amines) is 1. The highest BCUT2D eigenvalue weighted by Gasteiger charge is 2.35. The first-order chi connectivity index (χ1) is 18.9. The Labute approximate surface area is 228 Å². The van der Waals surface area contributed by atoms with Crippen molar-refractivity contribution in [2.75, 3.05) is 39.7 Å². The number of ether oxygens (including phenoxy) is 3. The third-order valence-electron chi connectivity index (χ3n) is 6.88. The SMILES string of the molecule is COc1ccccc1CNC(=O)[C@H]1C[C@@H](C(=O)Nc2ccc(F)cc2)CN(Cc2ccc(OC)c(OC)c2)C1. The minimum Gasteiger partial charge on any atom is -0.496 e. The fraction of sp³-hybridized carbons (Fsp3) is 0.333. The first kappa shape index (κ1) is 27.9. The Morgan fingerprint density at radius 1 is 0.846 bits per heavy atom. The summed E-state index contributed by atoms with van der Waals surface area (Å²) in [6.45, 7) is 1.81. The van der Waals surface area contributed by atoms with E-state index in [4.69, 9.17) is 14.2 Å². The highest BCUT2D eigenvalue weighted by atomic mass is 19.1. The zero-order valence-electron chi connectivity index (χ0n) is 22.4. The normalized spacial score (nSPS) is 17.2. The van der Waals surface area contributed by atoms with Crippen molar-refractivity contribution in [3.8, 4) is 17.2 Å². The van der Waals surface area contributed by atoms with Crippen LogP contribution >= 0.6 is 0 Å². The number of para-hydroxylation sites is 1. The van der Waals surface area contributed by atoms with Gasteiger partial charge in [0.15, 0.2) is 11.5 Å². The van der Waals surface area contributed by atoms with Crippen LogP contribution in [0.2, 0.25) is 0 Å². The average molecular weight is 536 g/mol. The Morgan fingerprint density at radius 2 is 1.51 bits per heavy atom. The number of hydrogen-bond donors (Lipinski definition) is 2. The summed E-state index contributed by atoms with van der Waals surface area (Å²) in [7, 11) is 4.76.